The number of pyridine rings is 1. The lowest BCUT2D eigenvalue weighted by Crippen LogP contribution is -2.27. The highest BCUT2D eigenvalue weighted by Crippen LogP contribution is 2.34. The second-order valence-corrected chi connectivity index (χ2v) is 10.0. The molecule has 4 rings (SSSR count). The summed E-state index contributed by atoms with van der Waals surface area (Å²) >= 11 is 3.57. The Balaban J connectivity index is 1.51. The molecule has 1 aliphatic rings. The van der Waals surface area contributed by atoms with E-state index in [4.69, 9.17) is 9.72 Å². The molecule has 0 bridgehead atoms. The lowest BCUT2D eigenvalue weighted by Gasteiger charge is -2.22. The van der Waals surface area contributed by atoms with E-state index in [-0.39, 0.29) is 0 Å². The molecule has 0 saturated heterocycles. The van der Waals surface area contributed by atoms with Crippen molar-refractivity contribution in [3.63, 3.8) is 0 Å². The molecule has 0 atom stereocenters. The summed E-state index contributed by atoms with van der Waals surface area (Å²) in [5.41, 5.74) is 2.34. The summed E-state index contributed by atoms with van der Waals surface area (Å²) in [7, 11) is 0. The van der Waals surface area contributed by atoms with E-state index in [1.165, 1.54) is 32.1 Å². The molecule has 170 valence electrons. The number of carbonyl (C=O) groups is 1. The van der Waals surface area contributed by atoms with E-state index in [9.17, 15) is 4.79 Å². The second kappa shape index (κ2) is 9.44. The Labute approximate surface area is 196 Å². The Hall–Kier alpha value is -2.68. The van der Waals surface area contributed by atoms with Crippen molar-refractivity contribution in [3.8, 4) is 0 Å². The van der Waals surface area contributed by atoms with Gasteiger partial charge in [0.15, 0.2) is 5.65 Å². The van der Waals surface area contributed by atoms with Gasteiger partial charge in [0.05, 0.1) is 10.7 Å². The molecule has 0 spiro atoms. The number of aromatic nitrogens is 4. The molecule has 0 unspecified atom stereocenters. The minimum Gasteiger partial charge on any atom is -0.444 e. The first kappa shape index (κ1) is 22.5. The first-order valence-electron chi connectivity index (χ1n) is 11.0. The summed E-state index contributed by atoms with van der Waals surface area (Å²) < 4.78 is 8.00. The predicted molar refractivity (Wildman–Crippen MR) is 128 cm³/mol. The van der Waals surface area contributed by atoms with E-state index in [1.807, 2.05) is 37.4 Å². The third-order valence-corrected chi connectivity index (χ3v) is 5.96. The minimum absolute atomic E-state index is 0.447. The van der Waals surface area contributed by atoms with Crippen LogP contribution in [0.2, 0.25) is 0 Å². The number of hydrogen-bond donors (Lipinski definition) is 2. The van der Waals surface area contributed by atoms with Gasteiger partial charge in [0.1, 0.15) is 17.2 Å². The first-order valence-corrected chi connectivity index (χ1v) is 11.8. The normalized spacial score (nSPS) is 15.0. The molecule has 1 saturated carbocycles. The minimum atomic E-state index is -0.565. The smallest absolute Gasteiger partial charge is 0.413 e. The number of carbonyl (C=O) groups excluding carboxylic acids is 1. The number of nitrogens with zero attached hydrogens (tertiary/aromatic N) is 4. The monoisotopic (exact) mass is 500 g/mol. The van der Waals surface area contributed by atoms with Gasteiger partial charge in [-0.15, -0.1) is 0 Å². The van der Waals surface area contributed by atoms with Crippen molar-refractivity contribution in [1.82, 2.24) is 19.6 Å². The maximum Gasteiger partial charge on any atom is 0.413 e. The summed E-state index contributed by atoms with van der Waals surface area (Å²) in [4.78, 5) is 21.2. The number of anilines is 2. The van der Waals surface area contributed by atoms with Crippen molar-refractivity contribution in [3.05, 3.63) is 46.3 Å². The number of ether oxygens (including phenoxy) is 1. The van der Waals surface area contributed by atoms with Gasteiger partial charge in [-0.2, -0.15) is 9.61 Å². The van der Waals surface area contributed by atoms with Crippen LogP contribution in [0.3, 0.4) is 0 Å². The Morgan fingerprint density at radius 1 is 1.25 bits per heavy atom. The third-order valence-electron chi connectivity index (χ3n) is 5.40. The fourth-order valence-corrected chi connectivity index (χ4v) is 4.29. The zero-order valence-corrected chi connectivity index (χ0v) is 20.3. The summed E-state index contributed by atoms with van der Waals surface area (Å²) in [5, 5.41) is 10.6. The van der Waals surface area contributed by atoms with Gasteiger partial charge in [-0.3, -0.25) is 5.32 Å². The summed E-state index contributed by atoms with van der Waals surface area (Å²) in [5.74, 6) is 1.82. The van der Waals surface area contributed by atoms with Gasteiger partial charge in [0.25, 0.3) is 0 Å². The Morgan fingerprint density at radius 3 is 2.78 bits per heavy atom. The van der Waals surface area contributed by atoms with Crippen LogP contribution in [-0.2, 0) is 11.3 Å². The maximum absolute atomic E-state index is 12.0. The molecular formula is C23H29BrN6O2. The molecule has 2 N–H and O–H groups in total. The standard InChI is InChI=1S/C23H29BrN6O2/c1-23(2,3)32-22(31)29-19-11-15(9-10-25-19)13-26-20-12-18(16-7-5-4-6-8-16)28-21-17(24)14-27-30(20)21/h9-12,14,16,26H,4-8,13H2,1-3H3,(H,25,29,31). The average Bonchev–Trinajstić information content (AvgIpc) is 3.12. The second-order valence-electron chi connectivity index (χ2n) is 9.16. The van der Waals surface area contributed by atoms with Crippen LogP contribution in [-0.4, -0.2) is 31.3 Å². The molecule has 8 nitrogen and oxygen atoms in total. The van der Waals surface area contributed by atoms with Crippen molar-refractivity contribution in [2.45, 2.75) is 70.9 Å². The highest BCUT2D eigenvalue weighted by atomic mass is 79.9. The molecule has 9 heteroatoms. The number of nitrogens with one attached hydrogen (secondary N) is 2. The van der Waals surface area contributed by atoms with Crippen LogP contribution in [0.25, 0.3) is 5.65 Å². The zero-order chi connectivity index (χ0) is 22.7. The maximum atomic E-state index is 12.0. The lowest BCUT2D eigenvalue weighted by molar-refractivity contribution is 0.0635. The van der Waals surface area contributed by atoms with E-state index in [0.29, 0.717) is 18.3 Å². The topological polar surface area (TPSA) is 93.4 Å². The molecule has 0 radical (unpaired) electrons. The fraction of sp³-hybridized carbons (Fsp3) is 0.478. The van der Waals surface area contributed by atoms with Crippen molar-refractivity contribution in [2.75, 3.05) is 10.6 Å². The molecule has 3 aromatic heterocycles. The van der Waals surface area contributed by atoms with Crippen LogP contribution >= 0.6 is 15.9 Å². The zero-order valence-electron chi connectivity index (χ0n) is 18.7. The Kier molecular flexibility index (Phi) is 6.64. The van der Waals surface area contributed by atoms with Gasteiger partial charge in [0, 0.05) is 30.4 Å². The number of hydrogen-bond acceptors (Lipinski definition) is 6. The van der Waals surface area contributed by atoms with Gasteiger partial charge in [-0.05, 0) is 67.2 Å². The molecule has 32 heavy (non-hydrogen) atoms. The first-order chi connectivity index (χ1) is 15.3. The number of amides is 1. The summed E-state index contributed by atoms with van der Waals surface area (Å²) in [6, 6.07) is 5.85. The van der Waals surface area contributed by atoms with E-state index >= 15 is 0 Å². The molecule has 3 aromatic rings. The van der Waals surface area contributed by atoms with Crippen molar-refractivity contribution >= 4 is 39.3 Å². The summed E-state index contributed by atoms with van der Waals surface area (Å²) in [6.07, 6.45) is 9.09. The molecule has 3 heterocycles. The van der Waals surface area contributed by atoms with Crippen LogP contribution in [0.1, 0.15) is 70.1 Å². The van der Waals surface area contributed by atoms with Crippen molar-refractivity contribution < 1.29 is 9.53 Å². The molecule has 1 fully saturated rings. The highest BCUT2D eigenvalue weighted by molar-refractivity contribution is 9.10. The quantitative estimate of drug-likeness (QED) is 0.453. The van der Waals surface area contributed by atoms with Crippen LogP contribution in [0.15, 0.2) is 35.1 Å². The van der Waals surface area contributed by atoms with E-state index in [1.54, 1.807) is 12.4 Å². The van der Waals surface area contributed by atoms with E-state index < -0.39 is 11.7 Å². The molecule has 0 aliphatic heterocycles. The third kappa shape index (κ3) is 5.56. The largest absolute Gasteiger partial charge is 0.444 e. The highest BCUT2D eigenvalue weighted by Gasteiger charge is 2.20. The number of rotatable bonds is 5. The van der Waals surface area contributed by atoms with Crippen molar-refractivity contribution in [1.29, 1.82) is 0 Å². The van der Waals surface area contributed by atoms with E-state index in [2.05, 4.69) is 42.7 Å². The lowest BCUT2D eigenvalue weighted by atomic mass is 9.87. The Bertz CT molecular complexity index is 1100. The molecular weight excluding hydrogens is 472 g/mol. The Morgan fingerprint density at radius 2 is 2.03 bits per heavy atom. The van der Waals surface area contributed by atoms with Gasteiger partial charge in [-0.1, -0.05) is 19.3 Å². The van der Waals surface area contributed by atoms with Gasteiger partial charge in [-0.25, -0.2) is 14.8 Å². The number of fused-ring (bicyclic) bond motifs is 1. The van der Waals surface area contributed by atoms with E-state index in [0.717, 1.165) is 27.2 Å². The van der Waals surface area contributed by atoms with Crippen LogP contribution < -0.4 is 10.6 Å². The van der Waals surface area contributed by atoms with Crippen LogP contribution in [0.4, 0.5) is 16.4 Å². The van der Waals surface area contributed by atoms with Crippen molar-refractivity contribution in [2.24, 2.45) is 0 Å². The predicted octanol–water partition coefficient (Wildman–Crippen LogP) is 5.89. The number of halogens is 1. The SMILES string of the molecule is CC(C)(C)OC(=O)Nc1cc(CNc2cc(C3CCCCC3)nc3c(Br)cnn23)ccn1. The van der Waals surface area contributed by atoms with Crippen LogP contribution in [0.5, 0.6) is 0 Å². The van der Waals surface area contributed by atoms with Gasteiger partial charge < -0.3 is 10.1 Å². The average molecular weight is 501 g/mol. The molecule has 1 aliphatic carbocycles. The molecule has 0 aromatic carbocycles. The fourth-order valence-electron chi connectivity index (χ4n) is 3.94. The molecule has 1 amide bonds. The van der Waals surface area contributed by atoms with Gasteiger partial charge >= 0.3 is 6.09 Å². The summed E-state index contributed by atoms with van der Waals surface area (Å²) in [6.45, 7) is 6.02. The van der Waals surface area contributed by atoms with Crippen LogP contribution in [0, 0.1) is 0 Å². The van der Waals surface area contributed by atoms with Gasteiger partial charge in [0.2, 0.25) is 0 Å².